The number of nitrogens with two attached hydrogens (primary N) is 1. The maximum absolute atomic E-state index is 13.7. The molecule has 6 nitrogen and oxygen atoms in total. The standard InChI is InChI=1S/C15H11F4N3O.C6H4ClO2P/c16-11-3-1-2-10(15(17,18)19)13(11)14(23)22-9-5-4-8(7-20)12(21)6-9;7-5-2-1-3-6(4-5)10(8)9/h1-7,20H,21H2,(H,22,23);1-4H. The normalized spacial score (nSPS) is 11.2. The summed E-state index contributed by atoms with van der Waals surface area (Å²) in [4.78, 5) is 22.4. The van der Waals surface area contributed by atoms with Crippen LogP contribution in [0, 0.1) is 11.2 Å². The van der Waals surface area contributed by atoms with Crippen LogP contribution in [0.4, 0.5) is 28.9 Å². The van der Waals surface area contributed by atoms with E-state index in [4.69, 9.17) is 22.7 Å². The zero-order chi connectivity index (χ0) is 24.8. The average Bonchev–Trinajstić information content (AvgIpc) is 2.73. The maximum Gasteiger partial charge on any atom is 0.417 e. The molecule has 12 heteroatoms. The van der Waals surface area contributed by atoms with E-state index in [2.05, 4.69) is 5.32 Å². The quantitative estimate of drug-likeness (QED) is 0.208. The molecule has 0 aliphatic rings. The Labute approximate surface area is 191 Å². The molecular weight excluding hydrogens is 485 g/mol. The highest BCUT2D eigenvalue weighted by atomic mass is 35.5. The number of benzene rings is 3. The number of carbonyl (C=O) groups excluding carboxylic acids is 1. The number of hydrogen-bond donors (Lipinski definition) is 3. The summed E-state index contributed by atoms with van der Waals surface area (Å²) >= 11 is 5.52. The van der Waals surface area contributed by atoms with Crippen LogP contribution < -0.4 is 21.2 Å². The van der Waals surface area contributed by atoms with Crippen LogP contribution in [0.5, 0.6) is 0 Å². The van der Waals surface area contributed by atoms with Crippen molar-refractivity contribution in [3.63, 3.8) is 0 Å². The number of nitrogen functional groups attached to an aromatic ring is 1. The fraction of sp³-hybridized carbons (Fsp3) is 0.0476. The van der Waals surface area contributed by atoms with E-state index in [9.17, 15) is 31.8 Å². The minimum absolute atomic E-state index is 0.0921. The Kier molecular flexibility index (Phi) is 8.64. The molecule has 0 bridgehead atoms. The molecule has 0 spiro atoms. The molecule has 0 saturated heterocycles. The lowest BCUT2D eigenvalue weighted by molar-refractivity contribution is -0.160. The third-order valence-electron chi connectivity index (χ3n) is 4.07. The van der Waals surface area contributed by atoms with Crippen LogP contribution in [-0.2, 0) is 10.7 Å². The van der Waals surface area contributed by atoms with Gasteiger partial charge in [-0.05, 0) is 42.5 Å². The van der Waals surface area contributed by atoms with Gasteiger partial charge in [0.2, 0.25) is 0 Å². The van der Waals surface area contributed by atoms with Crippen molar-refractivity contribution in [2.24, 2.45) is 0 Å². The summed E-state index contributed by atoms with van der Waals surface area (Å²) in [5.74, 6) is -2.51. The molecule has 3 aromatic carbocycles. The highest BCUT2D eigenvalue weighted by molar-refractivity contribution is 7.45. The summed E-state index contributed by atoms with van der Waals surface area (Å²) in [6.45, 7) is 0. The number of carbonyl (C=O) groups is 1. The molecule has 0 fully saturated rings. The second-order valence-electron chi connectivity index (χ2n) is 6.34. The zero-order valence-electron chi connectivity index (χ0n) is 16.5. The van der Waals surface area contributed by atoms with Gasteiger partial charge in [-0.2, -0.15) is 13.2 Å². The molecule has 0 radical (unpaired) electrons. The SMILES string of the molecule is N=Cc1ccc(NC(=O)c2c(F)cccc2C(F)(F)F)cc1N.O=[P+]([O-])c1cccc(Cl)c1. The molecule has 0 saturated carbocycles. The lowest BCUT2D eigenvalue weighted by Gasteiger charge is -2.14. The zero-order valence-corrected chi connectivity index (χ0v) is 18.1. The summed E-state index contributed by atoms with van der Waals surface area (Å²) in [5, 5.41) is 9.95. The Morgan fingerprint density at radius 1 is 1.12 bits per heavy atom. The van der Waals surface area contributed by atoms with E-state index in [1.807, 2.05) is 0 Å². The summed E-state index contributed by atoms with van der Waals surface area (Å²) in [5.41, 5.74) is 3.80. The van der Waals surface area contributed by atoms with Gasteiger partial charge in [0.25, 0.3) is 5.91 Å². The van der Waals surface area contributed by atoms with Crippen LogP contribution in [-0.4, -0.2) is 12.1 Å². The first kappa shape index (κ1) is 25.9. The number of anilines is 2. The highest BCUT2D eigenvalue weighted by Gasteiger charge is 2.36. The molecule has 3 aromatic rings. The predicted octanol–water partition coefficient (Wildman–Crippen LogP) is 4.74. The number of amides is 1. The van der Waals surface area contributed by atoms with Crippen molar-refractivity contribution >= 4 is 48.4 Å². The minimum Gasteiger partial charge on any atom is -0.591 e. The first-order valence-electron chi connectivity index (χ1n) is 8.91. The van der Waals surface area contributed by atoms with Crippen LogP contribution in [0.15, 0.2) is 60.7 Å². The molecule has 0 aromatic heterocycles. The van der Waals surface area contributed by atoms with Gasteiger partial charge in [-0.3, -0.25) is 4.79 Å². The summed E-state index contributed by atoms with van der Waals surface area (Å²) in [7, 11) is -2.50. The smallest absolute Gasteiger partial charge is 0.417 e. The number of hydrogen-bond acceptors (Lipinski definition) is 5. The largest absolute Gasteiger partial charge is 0.591 e. The molecule has 1 amide bonds. The first-order valence-corrected chi connectivity index (χ1v) is 10.5. The third-order valence-corrected chi connectivity index (χ3v) is 5.00. The van der Waals surface area contributed by atoms with Gasteiger partial charge in [-0.15, -0.1) is 0 Å². The van der Waals surface area contributed by atoms with Crippen molar-refractivity contribution in [3.8, 4) is 0 Å². The Bertz CT molecular complexity index is 1210. The molecule has 4 N–H and O–H groups in total. The molecule has 0 heterocycles. The fourth-order valence-corrected chi connectivity index (χ4v) is 3.28. The van der Waals surface area contributed by atoms with E-state index in [0.717, 1.165) is 18.3 Å². The van der Waals surface area contributed by atoms with E-state index in [1.54, 1.807) is 12.1 Å². The number of nitrogens with one attached hydrogen (secondary N) is 2. The maximum atomic E-state index is 13.7. The van der Waals surface area contributed by atoms with Crippen LogP contribution in [0.2, 0.25) is 5.02 Å². The Morgan fingerprint density at radius 3 is 2.30 bits per heavy atom. The third kappa shape index (κ3) is 7.08. The summed E-state index contributed by atoms with van der Waals surface area (Å²) in [6.07, 6.45) is -3.88. The summed E-state index contributed by atoms with van der Waals surface area (Å²) < 4.78 is 62.7. The van der Waals surface area contributed by atoms with Gasteiger partial charge in [0.05, 0.1) is 11.1 Å². The molecule has 1 unspecified atom stereocenters. The summed E-state index contributed by atoms with van der Waals surface area (Å²) in [6, 6.07) is 12.4. The number of halogens is 5. The van der Waals surface area contributed by atoms with Crippen molar-refractivity contribution in [3.05, 3.63) is 88.2 Å². The van der Waals surface area contributed by atoms with Crippen molar-refractivity contribution < 1.29 is 31.8 Å². The average molecular weight is 500 g/mol. The molecule has 3 rings (SSSR count). The van der Waals surface area contributed by atoms with Gasteiger partial charge >= 0.3 is 14.2 Å². The van der Waals surface area contributed by atoms with Crippen molar-refractivity contribution in [2.45, 2.75) is 6.18 Å². The topological polar surface area (TPSA) is 119 Å². The Morgan fingerprint density at radius 2 is 1.79 bits per heavy atom. The predicted molar refractivity (Wildman–Crippen MR) is 117 cm³/mol. The van der Waals surface area contributed by atoms with Gasteiger partial charge in [-0.1, -0.05) is 28.3 Å². The first-order chi connectivity index (χ1) is 15.4. The second-order valence-corrected chi connectivity index (χ2v) is 7.81. The van der Waals surface area contributed by atoms with Crippen molar-refractivity contribution in [1.82, 2.24) is 0 Å². The molecule has 0 aliphatic carbocycles. The Balaban J connectivity index is 0.000000321. The van der Waals surface area contributed by atoms with Gasteiger partial charge < -0.3 is 21.4 Å². The van der Waals surface area contributed by atoms with E-state index in [0.29, 0.717) is 16.7 Å². The fourth-order valence-electron chi connectivity index (χ4n) is 2.56. The van der Waals surface area contributed by atoms with Crippen molar-refractivity contribution in [2.75, 3.05) is 11.1 Å². The molecule has 1 atom stereocenters. The van der Waals surface area contributed by atoms with Crippen LogP contribution >= 0.6 is 19.6 Å². The monoisotopic (exact) mass is 499 g/mol. The molecule has 0 aliphatic heterocycles. The molecular formula is C21H15ClF4N3O3P. The Hall–Kier alpha value is -3.33. The van der Waals surface area contributed by atoms with Gasteiger partial charge in [-0.25, -0.2) is 4.39 Å². The van der Waals surface area contributed by atoms with Gasteiger partial charge in [0, 0.05) is 34.2 Å². The number of rotatable bonds is 4. The van der Waals surface area contributed by atoms with Crippen LogP contribution in [0.1, 0.15) is 21.5 Å². The van der Waals surface area contributed by atoms with E-state index in [1.165, 1.54) is 30.3 Å². The number of alkyl halides is 3. The lowest BCUT2D eigenvalue weighted by atomic mass is 10.1. The van der Waals surface area contributed by atoms with E-state index < -0.39 is 37.1 Å². The van der Waals surface area contributed by atoms with Crippen LogP contribution in [0.25, 0.3) is 0 Å². The second kappa shape index (κ2) is 11.0. The van der Waals surface area contributed by atoms with E-state index >= 15 is 0 Å². The highest BCUT2D eigenvalue weighted by Crippen LogP contribution is 2.33. The lowest BCUT2D eigenvalue weighted by Crippen LogP contribution is -2.20. The molecule has 172 valence electrons. The van der Waals surface area contributed by atoms with Gasteiger partial charge in [0.15, 0.2) is 5.30 Å². The van der Waals surface area contributed by atoms with Crippen molar-refractivity contribution in [1.29, 1.82) is 5.41 Å². The van der Waals surface area contributed by atoms with E-state index in [-0.39, 0.29) is 16.7 Å². The molecule has 33 heavy (non-hydrogen) atoms. The van der Waals surface area contributed by atoms with Crippen LogP contribution in [0.3, 0.4) is 0 Å². The minimum atomic E-state index is -4.86. The van der Waals surface area contributed by atoms with Gasteiger partial charge in [0.1, 0.15) is 5.82 Å².